The Morgan fingerprint density at radius 3 is 2.88 bits per heavy atom. The first-order valence-corrected chi connectivity index (χ1v) is 9.42. The number of nitrogens with one attached hydrogen (secondary N) is 2. The van der Waals surface area contributed by atoms with E-state index >= 15 is 0 Å². The van der Waals surface area contributed by atoms with Crippen LogP contribution in [0.5, 0.6) is 0 Å². The molecule has 0 unspecified atom stereocenters. The number of fused-ring (bicyclic) bond motifs is 1. The number of carbonyl (C=O) groups is 1. The molecule has 3 heterocycles. The highest BCUT2D eigenvalue weighted by molar-refractivity contribution is 7.15. The lowest BCUT2D eigenvalue weighted by atomic mass is 9.97. The van der Waals surface area contributed by atoms with E-state index in [9.17, 15) is 4.79 Å². The lowest BCUT2D eigenvalue weighted by molar-refractivity contribution is 0.102. The molecule has 5 nitrogen and oxygen atoms in total. The standard InChI is InChI=1S/C18H17ClN4OS.ClH/c19-13-8-12-2-1-5-21-16(12)14(9-13)17(24)23-18-22-10-15(25-18)11-3-6-20-7-4-11;/h1-2,5,8-11,20H,3-4,6-7H2,(H,22,23,24);1H. The van der Waals surface area contributed by atoms with E-state index in [2.05, 4.69) is 20.6 Å². The van der Waals surface area contributed by atoms with Gasteiger partial charge in [-0.2, -0.15) is 0 Å². The predicted octanol–water partition coefficient (Wildman–Crippen LogP) is 4.49. The summed E-state index contributed by atoms with van der Waals surface area (Å²) in [6.45, 7) is 2.06. The quantitative estimate of drug-likeness (QED) is 0.669. The first kappa shape index (κ1) is 19.0. The topological polar surface area (TPSA) is 66.9 Å². The second kappa shape index (κ2) is 8.31. The second-order valence-corrected chi connectivity index (χ2v) is 7.57. The molecule has 0 atom stereocenters. The number of halogens is 2. The largest absolute Gasteiger partial charge is 0.317 e. The minimum Gasteiger partial charge on any atom is -0.317 e. The van der Waals surface area contributed by atoms with Crippen LogP contribution < -0.4 is 10.6 Å². The summed E-state index contributed by atoms with van der Waals surface area (Å²) >= 11 is 7.70. The average Bonchev–Trinajstić information content (AvgIpc) is 3.10. The SMILES string of the molecule is Cl.O=C(Nc1ncc(C2CCNCC2)s1)c1cc(Cl)cc2cccnc12. The predicted molar refractivity (Wildman–Crippen MR) is 109 cm³/mol. The molecular formula is C18H18Cl2N4OS. The Hall–Kier alpha value is -1.73. The number of benzene rings is 1. The summed E-state index contributed by atoms with van der Waals surface area (Å²) in [6.07, 6.45) is 5.77. The lowest BCUT2D eigenvalue weighted by Gasteiger charge is -2.20. The fraction of sp³-hybridized carbons (Fsp3) is 0.278. The molecule has 2 N–H and O–H groups in total. The number of nitrogens with zero attached hydrogens (tertiary/aromatic N) is 2. The van der Waals surface area contributed by atoms with Crippen molar-refractivity contribution in [2.45, 2.75) is 18.8 Å². The molecule has 1 aliphatic rings. The van der Waals surface area contributed by atoms with Gasteiger partial charge in [0.25, 0.3) is 5.91 Å². The van der Waals surface area contributed by atoms with Crippen molar-refractivity contribution in [3.63, 3.8) is 0 Å². The number of thiazole rings is 1. The lowest BCUT2D eigenvalue weighted by Crippen LogP contribution is -2.26. The van der Waals surface area contributed by atoms with Crippen molar-refractivity contribution < 1.29 is 4.79 Å². The van der Waals surface area contributed by atoms with Crippen molar-refractivity contribution in [1.82, 2.24) is 15.3 Å². The van der Waals surface area contributed by atoms with Crippen LogP contribution >= 0.6 is 35.3 Å². The van der Waals surface area contributed by atoms with Crippen LogP contribution in [-0.4, -0.2) is 29.0 Å². The van der Waals surface area contributed by atoms with E-state index in [0.717, 1.165) is 31.3 Å². The Labute approximate surface area is 166 Å². The summed E-state index contributed by atoms with van der Waals surface area (Å²) in [6, 6.07) is 7.17. The number of anilines is 1. The fourth-order valence-corrected chi connectivity index (χ4v) is 4.34. The molecule has 0 radical (unpaired) electrons. The fourth-order valence-electron chi connectivity index (χ4n) is 3.13. The van der Waals surface area contributed by atoms with Crippen molar-refractivity contribution >= 4 is 57.3 Å². The summed E-state index contributed by atoms with van der Waals surface area (Å²) in [5.41, 5.74) is 1.10. The molecule has 1 aliphatic heterocycles. The third kappa shape index (κ3) is 3.99. The molecule has 26 heavy (non-hydrogen) atoms. The van der Waals surface area contributed by atoms with Gasteiger partial charge < -0.3 is 5.32 Å². The third-order valence-corrected chi connectivity index (χ3v) is 5.69. The van der Waals surface area contributed by atoms with E-state index in [1.807, 2.05) is 18.3 Å². The zero-order valence-corrected chi connectivity index (χ0v) is 16.3. The van der Waals surface area contributed by atoms with E-state index in [1.54, 1.807) is 29.7 Å². The van der Waals surface area contributed by atoms with Crippen molar-refractivity contribution in [3.05, 3.63) is 52.1 Å². The van der Waals surface area contributed by atoms with Crippen LogP contribution in [0.4, 0.5) is 5.13 Å². The number of aromatic nitrogens is 2. The van der Waals surface area contributed by atoms with E-state index in [4.69, 9.17) is 11.6 Å². The highest BCUT2D eigenvalue weighted by atomic mass is 35.5. The maximum absolute atomic E-state index is 12.7. The molecule has 0 saturated carbocycles. The third-order valence-electron chi connectivity index (χ3n) is 4.40. The van der Waals surface area contributed by atoms with Gasteiger partial charge in [0.1, 0.15) is 0 Å². The smallest absolute Gasteiger partial charge is 0.259 e. The van der Waals surface area contributed by atoms with Crippen LogP contribution in [-0.2, 0) is 0 Å². The number of carbonyl (C=O) groups excluding carboxylic acids is 1. The minimum absolute atomic E-state index is 0. The van der Waals surface area contributed by atoms with Crippen LogP contribution in [0.25, 0.3) is 10.9 Å². The highest BCUT2D eigenvalue weighted by Gasteiger charge is 2.19. The van der Waals surface area contributed by atoms with Crippen LogP contribution in [0.15, 0.2) is 36.7 Å². The average molecular weight is 409 g/mol. The second-order valence-electron chi connectivity index (χ2n) is 6.07. The molecule has 4 rings (SSSR count). The van der Waals surface area contributed by atoms with Crippen molar-refractivity contribution in [2.24, 2.45) is 0 Å². The maximum atomic E-state index is 12.7. The molecule has 1 saturated heterocycles. The van der Waals surface area contributed by atoms with E-state index in [0.29, 0.717) is 27.2 Å². The summed E-state index contributed by atoms with van der Waals surface area (Å²) in [5.74, 6) is 0.287. The number of piperidine rings is 1. The molecule has 3 aromatic rings. The van der Waals surface area contributed by atoms with Gasteiger partial charge in [0.05, 0.1) is 11.1 Å². The monoisotopic (exact) mass is 408 g/mol. The summed E-state index contributed by atoms with van der Waals surface area (Å²) in [5, 5.41) is 8.22. The highest BCUT2D eigenvalue weighted by Crippen LogP contribution is 2.32. The molecule has 1 aromatic carbocycles. The van der Waals surface area contributed by atoms with Crippen LogP contribution in [0.3, 0.4) is 0 Å². The molecule has 1 fully saturated rings. The zero-order valence-electron chi connectivity index (χ0n) is 13.9. The van der Waals surface area contributed by atoms with Gasteiger partial charge in [-0.1, -0.05) is 17.7 Å². The van der Waals surface area contributed by atoms with E-state index in [1.165, 1.54) is 4.88 Å². The molecule has 8 heteroatoms. The molecular weight excluding hydrogens is 391 g/mol. The van der Waals surface area contributed by atoms with Gasteiger partial charge in [0.2, 0.25) is 0 Å². The Morgan fingerprint density at radius 1 is 1.27 bits per heavy atom. The van der Waals surface area contributed by atoms with Gasteiger partial charge in [0, 0.05) is 27.7 Å². The van der Waals surface area contributed by atoms with Crippen molar-refractivity contribution in [1.29, 1.82) is 0 Å². The van der Waals surface area contributed by atoms with Gasteiger partial charge in [-0.25, -0.2) is 4.98 Å². The first-order valence-electron chi connectivity index (χ1n) is 8.23. The Kier molecular flexibility index (Phi) is 6.09. The van der Waals surface area contributed by atoms with Gasteiger partial charge in [0.15, 0.2) is 5.13 Å². The summed E-state index contributed by atoms with van der Waals surface area (Å²) < 4.78 is 0. The number of hydrogen-bond acceptors (Lipinski definition) is 5. The van der Waals surface area contributed by atoms with Crippen LogP contribution in [0, 0.1) is 0 Å². The Bertz CT molecular complexity index is 924. The molecule has 136 valence electrons. The number of rotatable bonds is 3. The molecule has 0 bridgehead atoms. The minimum atomic E-state index is -0.239. The summed E-state index contributed by atoms with van der Waals surface area (Å²) in [4.78, 5) is 22.6. The van der Waals surface area contributed by atoms with Gasteiger partial charge in [-0.3, -0.25) is 15.1 Å². The van der Waals surface area contributed by atoms with Crippen molar-refractivity contribution in [3.8, 4) is 0 Å². The molecule has 2 aromatic heterocycles. The first-order chi connectivity index (χ1) is 12.2. The van der Waals surface area contributed by atoms with E-state index < -0.39 is 0 Å². The maximum Gasteiger partial charge on any atom is 0.259 e. The Morgan fingerprint density at radius 2 is 2.08 bits per heavy atom. The number of hydrogen-bond donors (Lipinski definition) is 2. The zero-order chi connectivity index (χ0) is 17.2. The van der Waals surface area contributed by atoms with Crippen LogP contribution in [0.2, 0.25) is 5.02 Å². The number of pyridine rings is 1. The Balaban J connectivity index is 0.00000196. The van der Waals surface area contributed by atoms with Crippen molar-refractivity contribution in [2.75, 3.05) is 18.4 Å². The van der Waals surface area contributed by atoms with Gasteiger partial charge >= 0.3 is 0 Å². The molecule has 0 spiro atoms. The van der Waals surface area contributed by atoms with E-state index in [-0.39, 0.29) is 18.3 Å². The number of amides is 1. The normalized spacial score (nSPS) is 14.8. The van der Waals surface area contributed by atoms with Gasteiger partial charge in [-0.05, 0) is 50.0 Å². The van der Waals surface area contributed by atoms with Gasteiger partial charge in [-0.15, -0.1) is 23.7 Å². The molecule has 1 amide bonds. The summed E-state index contributed by atoms with van der Waals surface area (Å²) in [7, 11) is 0. The van der Waals surface area contributed by atoms with Crippen LogP contribution in [0.1, 0.15) is 34.0 Å². The molecule has 0 aliphatic carbocycles.